The van der Waals surface area contributed by atoms with Crippen molar-refractivity contribution >= 4 is 22.5 Å². The standard InChI is InChI=1S/C9H13F3N4O2S/c1-8(2,18)4-16(3)7(17)13-6-15-14-5(19-6)9(10,11)12/h18H,4H2,1-3H3,(H,13,15,17). The normalized spacial score (nSPS) is 12.4. The van der Waals surface area contributed by atoms with Gasteiger partial charge in [0.25, 0.3) is 0 Å². The molecule has 0 fully saturated rings. The van der Waals surface area contributed by atoms with E-state index in [-0.39, 0.29) is 23.0 Å². The molecule has 1 aromatic rings. The van der Waals surface area contributed by atoms with Crippen LogP contribution in [-0.4, -0.2) is 45.4 Å². The van der Waals surface area contributed by atoms with Crippen LogP contribution in [0.25, 0.3) is 0 Å². The maximum atomic E-state index is 12.3. The van der Waals surface area contributed by atoms with Crippen molar-refractivity contribution in [1.82, 2.24) is 15.1 Å². The third-order valence-electron chi connectivity index (χ3n) is 1.85. The zero-order valence-corrected chi connectivity index (χ0v) is 11.3. The van der Waals surface area contributed by atoms with Crippen LogP contribution < -0.4 is 5.32 Å². The minimum Gasteiger partial charge on any atom is -0.389 e. The molecule has 1 rings (SSSR count). The third kappa shape index (κ3) is 4.99. The van der Waals surface area contributed by atoms with E-state index in [9.17, 15) is 23.1 Å². The number of hydrogen-bond acceptors (Lipinski definition) is 5. The molecule has 0 spiro atoms. The summed E-state index contributed by atoms with van der Waals surface area (Å²) in [6.07, 6.45) is -4.58. The lowest BCUT2D eigenvalue weighted by Crippen LogP contribution is -2.41. The highest BCUT2D eigenvalue weighted by Crippen LogP contribution is 2.32. The average molecular weight is 298 g/mol. The first-order valence-electron chi connectivity index (χ1n) is 5.14. The lowest BCUT2D eigenvalue weighted by Gasteiger charge is -2.25. The minimum absolute atomic E-state index is 0.0176. The van der Waals surface area contributed by atoms with Gasteiger partial charge in [-0.2, -0.15) is 13.2 Å². The Labute approximate surface area is 111 Å². The first-order chi connectivity index (χ1) is 8.49. The number of anilines is 1. The van der Waals surface area contributed by atoms with Crippen LogP contribution in [0.1, 0.15) is 18.9 Å². The van der Waals surface area contributed by atoms with Crippen LogP contribution in [0.2, 0.25) is 0 Å². The van der Waals surface area contributed by atoms with Gasteiger partial charge in [-0.25, -0.2) is 4.79 Å². The number of aliphatic hydroxyl groups is 1. The van der Waals surface area contributed by atoms with Crippen molar-refractivity contribution in [3.05, 3.63) is 5.01 Å². The Morgan fingerprint density at radius 1 is 1.42 bits per heavy atom. The number of likely N-dealkylation sites (N-methyl/N-ethyl adjacent to an activating group) is 1. The minimum atomic E-state index is -4.58. The zero-order valence-electron chi connectivity index (χ0n) is 10.4. The van der Waals surface area contributed by atoms with E-state index in [4.69, 9.17) is 0 Å². The average Bonchev–Trinajstić information content (AvgIpc) is 2.62. The maximum absolute atomic E-state index is 12.3. The van der Waals surface area contributed by atoms with Gasteiger partial charge in [0.2, 0.25) is 10.1 Å². The quantitative estimate of drug-likeness (QED) is 0.892. The van der Waals surface area contributed by atoms with Crippen LogP contribution in [0.3, 0.4) is 0 Å². The summed E-state index contributed by atoms with van der Waals surface area (Å²) < 4.78 is 36.8. The highest BCUT2D eigenvalue weighted by Gasteiger charge is 2.36. The van der Waals surface area contributed by atoms with Crippen LogP contribution >= 0.6 is 11.3 Å². The van der Waals surface area contributed by atoms with Gasteiger partial charge in [0, 0.05) is 7.05 Å². The number of rotatable bonds is 3. The molecule has 0 aliphatic rings. The molecule has 6 nitrogen and oxygen atoms in total. The monoisotopic (exact) mass is 298 g/mol. The molecule has 0 radical (unpaired) electrons. The second kappa shape index (κ2) is 5.29. The summed E-state index contributed by atoms with van der Waals surface area (Å²) in [6, 6.07) is -0.674. The lowest BCUT2D eigenvalue weighted by atomic mass is 10.1. The molecule has 0 bridgehead atoms. The van der Waals surface area contributed by atoms with Gasteiger partial charge in [-0.3, -0.25) is 5.32 Å². The fourth-order valence-corrected chi connectivity index (χ4v) is 1.83. The number of carbonyl (C=O) groups is 1. The Kier molecular flexibility index (Phi) is 4.35. The second-order valence-corrected chi connectivity index (χ2v) is 5.49. The van der Waals surface area contributed by atoms with E-state index in [0.717, 1.165) is 4.90 Å². The van der Waals surface area contributed by atoms with E-state index >= 15 is 0 Å². The predicted octanol–water partition coefficient (Wildman–Crippen LogP) is 1.79. The van der Waals surface area contributed by atoms with Gasteiger partial charge in [-0.1, -0.05) is 11.3 Å². The molecule has 108 valence electrons. The Balaban J connectivity index is 2.65. The number of urea groups is 1. The Hall–Kier alpha value is -1.42. The number of hydrogen-bond donors (Lipinski definition) is 2. The SMILES string of the molecule is CN(CC(C)(C)O)C(=O)Nc1nnc(C(F)(F)F)s1. The van der Waals surface area contributed by atoms with Crippen LogP contribution in [0, 0.1) is 0 Å². The second-order valence-electron chi connectivity index (χ2n) is 4.51. The topological polar surface area (TPSA) is 78.4 Å². The van der Waals surface area contributed by atoms with E-state index in [1.54, 1.807) is 0 Å². The van der Waals surface area contributed by atoms with E-state index < -0.39 is 22.8 Å². The highest BCUT2D eigenvalue weighted by atomic mass is 32.1. The van der Waals surface area contributed by atoms with Crippen LogP contribution in [0.4, 0.5) is 23.1 Å². The first kappa shape index (κ1) is 15.6. The molecular formula is C9H13F3N4O2S. The Bertz CT molecular complexity index is 455. The molecule has 1 heterocycles. The number of aromatic nitrogens is 2. The van der Waals surface area contributed by atoms with Crippen molar-refractivity contribution < 1.29 is 23.1 Å². The molecule has 10 heteroatoms. The maximum Gasteiger partial charge on any atom is 0.445 e. The van der Waals surface area contributed by atoms with Crippen molar-refractivity contribution in [3.8, 4) is 0 Å². The third-order valence-corrected chi connectivity index (χ3v) is 2.74. The van der Waals surface area contributed by atoms with Crippen molar-refractivity contribution in [2.45, 2.75) is 25.6 Å². The van der Waals surface area contributed by atoms with Crippen molar-refractivity contribution in [3.63, 3.8) is 0 Å². The molecule has 0 atom stereocenters. The smallest absolute Gasteiger partial charge is 0.389 e. The van der Waals surface area contributed by atoms with E-state index in [1.807, 2.05) is 0 Å². The Morgan fingerprint density at radius 3 is 2.42 bits per heavy atom. The number of carbonyl (C=O) groups excluding carboxylic acids is 1. The van der Waals surface area contributed by atoms with Gasteiger partial charge in [-0.15, -0.1) is 10.2 Å². The number of halogens is 3. The Morgan fingerprint density at radius 2 is 2.00 bits per heavy atom. The summed E-state index contributed by atoms with van der Waals surface area (Å²) in [5, 5.41) is 16.5. The molecule has 1 aromatic heterocycles. The predicted molar refractivity (Wildman–Crippen MR) is 62.9 cm³/mol. The summed E-state index contributed by atoms with van der Waals surface area (Å²) in [4.78, 5) is 12.7. The number of alkyl halides is 3. The highest BCUT2D eigenvalue weighted by molar-refractivity contribution is 7.15. The summed E-state index contributed by atoms with van der Waals surface area (Å²) in [6.45, 7) is 3.02. The molecule has 0 aromatic carbocycles. The largest absolute Gasteiger partial charge is 0.445 e. The number of amides is 2. The molecule has 19 heavy (non-hydrogen) atoms. The summed E-state index contributed by atoms with van der Waals surface area (Å²) in [5.41, 5.74) is -1.11. The fraction of sp³-hybridized carbons (Fsp3) is 0.667. The first-order valence-corrected chi connectivity index (χ1v) is 5.96. The molecule has 0 saturated carbocycles. The van der Waals surface area contributed by atoms with Crippen molar-refractivity contribution in [2.24, 2.45) is 0 Å². The van der Waals surface area contributed by atoms with Gasteiger partial charge < -0.3 is 10.0 Å². The van der Waals surface area contributed by atoms with E-state index in [1.165, 1.54) is 20.9 Å². The molecule has 0 aliphatic heterocycles. The molecule has 0 aliphatic carbocycles. The number of nitrogens with one attached hydrogen (secondary N) is 1. The zero-order chi connectivity index (χ0) is 14.8. The summed E-state index contributed by atoms with van der Waals surface area (Å²) >= 11 is 0.235. The van der Waals surface area contributed by atoms with Crippen LogP contribution in [0.15, 0.2) is 0 Å². The van der Waals surface area contributed by atoms with Gasteiger partial charge in [0.15, 0.2) is 0 Å². The lowest BCUT2D eigenvalue weighted by molar-refractivity contribution is -0.138. The summed E-state index contributed by atoms with van der Waals surface area (Å²) in [7, 11) is 1.40. The van der Waals surface area contributed by atoms with Gasteiger partial charge in [-0.05, 0) is 13.8 Å². The number of nitrogens with zero attached hydrogens (tertiary/aromatic N) is 3. The summed E-state index contributed by atoms with van der Waals surface area (Å²) in [5.74, 6) is 0. The van der Waals surface area contributed by atoms with E-state index in [0.29, 0.717) is 0 Å². The molecule has 0 saturated heterocycles. The van der Waals surface area contributed by atoms with Gasteiger partial charge >= 0.3 is 12.2 Å². The van der Waals surface area contributed by atoms with Gasteiger partial charge in [0.1, 0.15) is 0 Å². The molecule has 0 unspecified atom stereocenters. The molecule has 2 amide bonds. The van der Waals surface area contributed by atoms with Crippen molar-refractivity contribution in [1.29, 1.82) is 0 Å². The van der Waals surface area contributed by atoms with Crippen molar-refractivity contribution in [2.75, 3.05) is 18.9 Å². The van der Waals surface area contributed by atoms with Crippen LogP contribution in [0.5, 0.6) is 0 Å². The van der Waals surface area contributed by atoms with Crippen LogP contribution in [-0.2, 0) is 6.18 Å². The molecule has 2 N–H and O–H groups in total. The van der Waals surface area contributed by atoms with Gasteiger partial charge in [0.05, 0.1) is 12.1 Å². The molecular weight excluding hydrogens is 285 g/mol. The van der Waals surface area contributed by atoms with E-state index in [2.05, 4.69) is 15.5 Å². The fourth-order valence-electron chi connectivity index (χ4n) is 1.23.